The van der Waals surface area contributed by atoms with Gasteiger partial charge in [0.05, 0.1) is 12.2 Å². The fourth-order valence-electron chi connectivity index (χ4n) is 7.76. The zero-order chi connectivity index (χ0) is 20.9. The molecule has 30 heavy (non-hydrogen) atoms. The average Bonchev–Trinajstić information content (AvgIpc) is 3.07. The number of ketones is 2. The van der Waals surface area contributed by atoms with Crippen LogP contribution in [-0.4, -0.2) is 24.1 Å². The van der Waals surface area contributed by atoms with E-state index in [0.717, 1.165) is 44.9 Å². The number of hydrogen-bond donors (Lipinski definition) is 0. The van der Waals surface area contributed by atoms with Crippen LogP contribution in [0.5, 0.6) is 0 Å². The highest BCUT2D eigenvalue weighted by molar-refractivity contribution is 5.89. The van der Waals surface area contributed by atoms with E-state index in [9.17, 15) is 14.4 Å². The maximum absolute atomic E-state index is 12.7. The second-order valence-corrected chi connectivity index (χ2v) is 10.5. The van der Waals surface area contributed by atoms with Crippen molar-refractivity contribution in [3.8, 4) is 0 Å². The minimum absolute atomic E-state index is 0.103. The number of carbonyl (C=O) groups excluding carboxylic acids is 3. The predicted molar refractivity (Wildman–Crippen MR) is 113 cm³/mol. The Morgan fingerprint density at radius 2 is 1.80 bits per heavy atom. The summed E-state index contributed by atoms with van der Waals surface area (Å²) in [6, 6.07) is 9.19. The molecule has 4 nitrogen and oxygen atoms in total. The standard InChI is InChI=1S/C26H32O4/c1-25-13-12-22-20(21(25)9-10-23(25)28)8-7-18-15-19(27)11-14-26(18,22)16-30-24(29)17-5-3-2-4-6-17/h2-6,18,20-22H,7-16H2,1H3/t18-,20-,21-,22-,25-,26+/m0/s1. The summed E-state index contributed by atoms with van der Waals surface area (Å²) in [4.78, 5) is 37.7. The molecule has 4 heteroatoms. The lowest BCUT2D eigenvalue weighted by Gasteiger charge is -2.60. The predicted octanol–water partition coefficient (Wildman–Crippen LogP) is 5.00. The molecular formula is C26H32O4. The van der Waals surface area contributed by atoms with Gasteiger partial charge < -0.3 is 4.74 Å². The topological polar surface area (TPSA) is 60.4 Å². The van der Waals surface area contributed by atoms with E-state index in [1.54, 1.807) is 12.1 Å². The molecule has 0 saturated heterocycles. The van der Waals surface area contributed by atoms with Gasteiger partial charge in [-0.25, -0.2) is 4.79 Å². The van der Waals surface area contributed by atoms with Gasteiger partial charge in [0.2, 0.25) is 0 Å². The van der Waals surface area contributed by atoms with Gasteiger partial charge >= 0.3 is 5.97 Å². The Hall–Kier alpha value is -1.97. The molecule has 4 fully saturated rings. The van der Waals surface area contributed by atoms with Crippen LogP contribution < -0.4 is 0 Å². The molecule has 0 aliphatic heterocycles. The Morgan fingerprint density at radius 3 is 2.60 bits per heavy atom. The van der Waals surface area contributed by atoms with Gasteiger partial charge in [-0.1, -0.05) is 25.1 Å². The fourth-order valence-corrected chi connectivity index (χ4v) is 7.76. The van der Waals surface area contributed by atoms with E-state index >= 15 is 0 Å². The SMILES string of the molecule is C[C@]12CC[C@H]3[C@@H](CC[C@H]4CC(=O)CC[C@@]43COC(=O)c3ccccc3)[C@@H]1CCC2=O. The van der Waals surface area contributed by atoms with E-state index in [1.165, 1.54) is 0 Å². The van der Waals surface area contributed by atoms with E-state index in [4.69, 9.17) is 4.74 Å². The highest BCUT2D eigenvalue weighted by Crippen LogP contribution is 2.65. The van der Waals surface area contributed by atoms with Crippen molar-refractivity contribution in [1.82, 2.24) is 0 Å². The fraction of sp³-hybridized carbons (Fsp3) is 0.654. The van der Waals surface area contributed by atoms with Crippen molar-refractivity contribution >= 4 is 17.5 Å². The molecule has 0 heterocycles. The molecular weight excluding hydrogens is 376 g/mol. The molecule has 0 aromatic heterocycles. The molecule has 1 aromatic rings. The van der Waals surface area contributed by atoms with Crippen LogP contribution in [0.1, 0.15) is 75.1 Å². The summed E-state index contributed by atoms with van der Waals surface area (Å²) in [5, 5.41) is 0. The van der Waals surface area contributed by atoms with Crippen molar-refractivity contribution in [3.63, 3.8) is 0 Å². The molecule has 0 amide bonds. The molecule has 6 atom stereocenters. The first kappa shape index (κ1) is 20.0. The largest absolute Gasteiger partial charge is 0.461 e. The zero-order valence-electron chi connectivity index (χ0n) is 17.9. The number of Topliss-reactive ketones (excluding diaryl/α,β-unsaturated/α-hetero) is 2. The minimum atomic E-state index is -0.264. The van der Waals surface area contributed by atoms with Gasteiger partial charge in [-0.15, -0.1) is 0 Å². The third-order valence-electron chi connectivity index (χ3n) is 9.37. The van der Waals surface area contributed by atoms with E-state index in [0.29, 0.717) is 60.3 Å². The molecule has 5 rings (SSSR count). The minimum Gasteiger partial charge on any atom is -0.461 e. The summed E-state index contributed by atoms with van der Waals surface area (Å²) in [5.41, 5.74) is 0.330. The van der Waals surface area contributed by atoms with Crippen LogP contribution in [0, 0.1) is 34.5 Å². The van der Waals surface area contributed by atoms with Crippen molar-refractivity contribution in [3.05, 3.63) is 35.9 Å². The van der Waals surface area contributed by atoms with Crippen LogP contribution in [-0.2, 0) is 14.3 Å². The number of carbonyl (C=O) groups is 3. The normalized spacial score (nSPS) is 40.3. The van der Waals surface area contributed by atoms with E-state index < -0.39 is 0 Å². The molecule has 4 aliphatic carbocycles. The summed E-state index contributed by atoms with van der Waals surface area (Å²) in [6.45, 7) is 2.61. The van der Waals surface area contributed by atoms with E-state index in [1.807, 2.05) is 18.2 Å². The molecule has 0 unspecified atom stereocenters. The van der Waals surface area contributed by atoms with Crippen molar-refractivity contribution in [2.24, 2.45) is 34.5 Å². The van der Waals surface area contributed by atoms with Crippen molar-refractivity contribution in [2.75, 3.05) is 6.61 Å². The van der Waals surface area contributed by atoms with Crippen molar-refractivity contribution < 1.29 is 19.1 Å². The maximum atomic E-state index is 12.7. The lowest BCUT2D eigenvalue weighted by molar-refractivity contribution is -0.155. The summed E-state index contributed by atoms with van der Waals surface area (Å²) in [6.07, 6.45) is 7.92. The summed E-state index contributed by atoms with van der Waals surface area (Å²) in [7, 11) is 0. The van der Waals surface area contributed by atoms with Gasteiger partial charge in [-0.05, 0) is 74.3 Å². The number of ether oxygens (including phenoxy) is 1. The Kier molecular flexibility index (Phi) is 4.87. The highest BCUT2D eigenvalue weighted by atomic mass is 16.5. The maximum Gasteiger partial charge on any atom is 0.338 e. The van der Waals surface area contributed by atoms with Gasteiger partial charge in [0.25, 0.3) is 0 Å². The molecule has 0 N–H and O–H groups in total. The van der Waals surface area contributed by atoms with Gasteiger partial charge in [-0.2, -0.15) is 0 Å². The Bertz CT molecular complexity index is 861. The van der Waals surface area contributed by atoms with Crippen LogP contribution in [0.3, 0.4) is 0 Å². The zero-order valence-corrected chi connectivity index (χ0v) is 17.9. The molecule has 160 valence electrons. The monoisotopic (exact) mass is 408 g/mol. The first-order valence-electron chi connectivity index (χ1n) is 11.7. The van der Waals surface area contributed by atoms with Crippen LogP contribution in [0.2, 0.25) is 0 Å². The number of fused-ring (bicyclic) bond motifs is 5. The Morgan fingerprint density at radius 1 is 1.00 bits per heavy atom. The third-order valence-corrected chi connectivity index (χ3v) is 9.37. The summed E-state index contributed by atoms with van der Waals surface area (Å²) in [5.74, 6) is 2.30. The van der Waals surface area contributed by atoms with Crippen molar-refractivity contribution in [2.45, 2.75) is 64.7 Å². The first-order chi connectivity index (χ1) is 14.4. The van der Waals surface area contributed by atoms with Crippen LogP contribution >= 0.6 is 0 Å². The molecule has 0 radical (unpaired) electrons. The quantitative estimate of drug-likeness (QED) is 0.660. The number of benzene rings is 1. The molecule has 4 aliphatic rings. The van der Waals surface area contributed by atoms with E-state index in [2.05, 4.69) is 6.92 Å². The van der Waals surface area contributed by atoms with Gasteiger partial charge in [-0.3, -0.25) is 9.59 Å². The lowest BCUT2D eigenvalue weighted by Crippen LogP contribution is -2.56. The smallest absolute Gasteiger partial charge is 0.338 e. The van der Waals surface area contributed by atoms with Gasteiger partial charge in [0.1, 0.15) is 11.6 Å². The molecule has 0 spiro atoms. The Labute approximate surface area is 178 Å². The number of esters is 1. The Balaban J connectivity index is 1.43. The van der Waals surface area contributed by atoms with E-state index in [-0.39, 0.29) is 16.8 Å². The number of rotatable bonds is 3. The third kappa shape index (κ3) is 2.98. The van der Waals surface area contributed by atoms with Gasteiger partial charge in [0.15, 0.2) is 0 Å². The van der Waals surface area contributed by atoms with Crippen molar-refractivity contribution in [1.29, 1.82) is 0 Å². The van der Waals surface area contributed by atoms with Crippen LogP contribution in [0.25, 0.3) is 0 Å². The summed E-state index contributed by atoms with van der Waals surface area (Å²) < 4.78 is 5.95. The van der Waals surface area contributed by atoms with Crippen LogP contribution in [0.15, 0.2) is 30.3 Å². The molecule has 1 aromatic carbocycles. The lowest BCUT2D eigenvalue weighted by atomic mass is 9.45. The molecule has 0 bridgehead atoms. The second-order valence-electron chi connectivity index (χ2n) is 10.5. The summed E-state index contributed by atoms with van der Waals surface area (Å²) >= 11 is 0. The highest BCUT2D eigenvalue weighted by Gasteiger charge is 2.62. The second kappa shape index (κ2) is 7.32. The van der Waals surface area contributed by atoms with Gasteiger partial charge in [0, 0.05) is 30.1 Å². The first-order valence-corrected chi connectivity index (χ1v) is 11.7. The van der Waals surface area contributed by atoms with Crippen LogP contribution in [0.4, 0.5) is 0 Å². The number of hydrogen-bond acceptors (Lipinski definition) is 4. The average molecular weight is 409 g/mol. The molecule has 4 saturated carbocycles.